The van der Waals surface area contributed by atoms with Crippen molar-refractivity contribution in [2.45, 2.75) is 26.2 Å². The zero-order chi connectivity index (χ0) is 24.2. The van der Waals surface area contributed by atoms with Gasteiger partial charge in [0.15, 0.2) is 0 Å². The first-order valence-corrected chi connectivity index (χ1v) is 13.7. The van der Waals surface area contributed by atoms with Crippen LogP contribution in [-0.4, -0.2) is 13.1 Å². The minimum absolute atomic E-state index is 0.827. The Morgan fingerprint density at radius 1 is 0.857 bits per heavy atom. The minimum atomic E-state index is 0.827. The summed E-state index contributed by atoms with van der Waals surface area (Å²) < 4.78 is 11.0. The molecule has 0 fully saturated rings. The van der Waals surface area contributed by atoms with E-state index in [0.29, 0.717) is 0 Å². The standard InChI is InChI=1S/C31H28Br2NO/c1-2-17-34-18-3-4-25-19-22(6-16-30(25)34)5-15-29-20-26(23-7-11-27(32)12-8-23)21-31(35-29)24-9-13-28(33)14-10-24/h5-16,19-21H,2-4,17-18H2,1H3/q+1/b22-5+,29-15+. The molecule has 0 unspecified atom stereocenters. The summed E-state index contributed by atoms with van der Waals surface area (Å²) in [6, 6.07) is 23.5. The van der Waals surface area contributed by atoms with Crippen LogP contribution in [0.4, 0.5) is 0 Å². The van der Waals surface area contributed by atoms with Gasteiger partial charge in [-0.3, -0.25) is 0 Å². The Hall–Kier alpha value is -2.69. The first-order valence-electron chi connectivity index (χ1n) is 12.1. The van der Waals surface area contributed by atoms with Crippen LogP contribution in [0.2, 0.25) is 0 Å². The van der Waals surface area contributed by atoms with E-state index in [1.165, 1.54) is 29.0 Å². The number of aryl methyl sites for hydroxylation is 1. The Kier molecular flexibility index (Phi) is 7.50. The molecule has 0 atom stereocenters. The Morgan fingerprint density at radius 2 is 1.57 bits per heavy atom. The largest absolute Gasteiger partial charge is 0.457 e. The highest BCUT2D eigenvalue weighted by Gasteiger charge is 2.16. The molecule has 176 valence electrons. The van der Waals surface area contributed by atoms with Crippen molar-refractivity contribution in [2.75, 3.05) is 13.1 Å². The fourth-order valence-electron chi connectivity index (χ4n) is 4.65. The van der Waals surface area contributed by atoms with Gasteiger partial charge in [0.25, 0.3) is 0 Å². The molecule has 0 saturated heterocycles. The van der Waals surface area contributed by atoms with Crippen LogP contribution >= 0.6 is 31.9 Å². The van der Waals surface area contributed by atoms with Crippen LogP contribution in [-0.2, 0) is 11.2 Å². The minimum Gasteiger partial charge on any atom is -0.457 e. The summed E-state index contributed by atoms with van der Waals surface area (Å²) in [7, 11) is 0. The molecule has 0 aliphatic carbocycles. The van der Waals surface area contributed by atoms with Gasteiger partial charge in [-0.05, 0) is 77.4 Å². The van der Waals surface area contributed by atoms with Crippen LogP contribution in [0.3, 0.4) is 0 Å². The monoisotopic (exact) mass is 588 g/mol. The number of allylic oxidation sites excluding steroid dienone is 4. The fourth-order valence-corrected chi connectivity index (χ4v) is 5.18. The van der Waals surface area contributed by atoms with Crippen LogP contribution in [0, 0.1) is 0 Å². The number of benzene rings is 3. The molecule has 0 radical (unpaired) electrons. The first kappa shape index (κ1) is 24.0. The molecule has 2 aliphatic rings. The van der Waals surface area contributed by atoms with E-state index in [0.717, 1.165) is 56.7 Å². The van der Waals surface area contributed by atoms with Crippen LogP contribution in [0.1, 0.15) is 36.5 Å². The van der Waals surface area contributed by atoms with E-state index in [1.54, 1.807) is 0 Å². The normalized spacial score (nSPS) is 17.1. The maximum atomic E-state index is 6.35. The van der Waals surface area contributed by atoms with Crippen molar-refractivity contribution in [2.24, 2.45) is 0 Å². The van der Waals surface area contributed by atoms with Gasteiger partial charge >= 0.3 is 0 Å². The second kappa shape index (κ2) is 10.9. The predicted molar refractivity (Wildman–Crippen MR) is 153 cm³/mol. The summed E-state index contributed by atoms with van der Waals surface area (Å²) in [5, 5.41) is 2.60. The van der Waals surface area contributed by atoms with Crippen LogP contribution in [0.5, 0.6) is 0 Å². The van der Waals surface area contributed by atoms with E-state index in [2.05, 4.69) is 122 Å². The zero-order valence-corrected chi connectivity index (χ0v) is 23.0. The molecule has 0 aromatic heterocycles. The summed E-state index contributed by atoms with van der Waals surface area (Å²) in [4.78, 5) is 0. The molecule has 0 N–H and O–H groups in total. The summed E-state index contributed by atoms with van der Waals surface area (Å²) in [6.45, 7) is 4.54. The van der Waals surface area contributed by atoms with Gasteiger partial charge in [0.05, 0.1) is 0 Å². The Balaban J connectivity index is 1.53. The number of fused-ring (bicyclic) bond motifs is 1. The van der Waals surface area contributed by atoms with Crippen molar-refractivity contribution in [3.8, 4) is 0 Å². The SMILES string of the molecule is CCC[N+]1=c2cc/c(=C\C=C3/C=C(c4ccc(Br)cc4)C=C(c4ccc(Br)cc4)O3)cc2CCC1. The van der Waals surface area contributed by atoms with Gasteiger partial charge in [0.1, 0.15) is 24.6 Å². The van der Waals surface area contributed by atoms with E-state index in [4.69, 9.17) is 4.74 Å². The Labute approximate surface area is 223 Å². The van der Waals surface area contributed by atoms with Crippen LogP contribution in [0.15, 0.2) is 99.7 Å². The molecule has 0 amide bonds. The number of halogens is 2. The second-order valence-electron chi connectivity index (χ2n) is 8.94. The lowest BCUT2D eigenvalue weighted by molar-refractivity contribution is 0.399. The number of hydrogen-bond donors (Lipinski definition) is 0. The molecule has 3 aromatic carbocycles. The van der Waals surface area contributed by atoms with Gasteiger partial charge < -0.3 is 4.74 Å². The number of rotatable bonds is 5. The van der Waals surface area contributed by atoms with E-state index in [-0.39, 0.29) is 0 Å². The molecule has 3 aromatic rings. The maximum absolute atomic E-state index is 6.35. The third kappa shape index (κ3) is 5.76. The molecule has 0 saturated carbocycles. The molecule has 2 heterocycles. The lowest BCUT2D eigenvalue weighted by Gasteiger charge is -2.18. The predicted octanol–water partition coefficient (Wildman–Crippen LogP) is 6.88. The van der Waals surface area contributed by atoms with Gasteiger partial charge in [-0.1, -0.05) is 69.1 Å². The molecule has 0 spiro atoms. The Bertz CT molecular complexity index is 1450. The van der Waals surface area contributed by atoms with E-state index >= 15 is 0 Å². The quantitative estimate of drug-likeness (QED) is 0.296. The third-order valence-electron chi connectivity index (χ3n) is 6.37. The highest BCUT2D eigenvalue weighted by Crippen LogP contribution is 2.32. The average molecular weight is 590 g/mol. The van der Waals surface area contributed by atoms with E-state index < -0.39 is 0 Å². The number of nitrogens with zero attached hydrogens (tertiary/aromatic N) is 1. The van der Waals surface area contributed by atoms with Crippen LogP contribution < -0.4 is 15.2 Å². The summed E-state index contributed by atoms with van der Waals surface area (Å²) >= 11 is 7.07. The molecular weight excluding hydrogens is 562 g/mol. The van der Waals surface area contributed by atoms with Crippen LogP contribution in [0.25, 0.3) is 17.4 Å². The molecule has 5 rings (SSSR count). The number of hydrogen-bond acceptors (Lipinski definition) is 1. The third-order valence-corrected chi connectivity index (χ3v) is 7.43. The molecule has 0 bridgehead atoms. The van der Waals surface area contributed by atoms with Gasteiger partial charge in [0.2, 0.25) is 5.36 Å². The molecule has 2 aliphatic heterocycles. The van der Waals surface area contributed by atoms with Crippen molar-refractivity contribution in [3.05, 3.63) is 127 Å². The highest BCUT2D eigenvalue weighted by molar-refractivity contribution is 9.10. The average Bonchev–Trinajstić information content (AvgIpc) is 2.88. The molecule has 35 heavy (non-hydrogen) atoms. The lowest BCUT2D eigenvalue weighted by Crippen LogP contribution is -2.38. The number of ether oxygens (including phenoxy) is 1. The van der Waals surface area contributed by atoms with Crippen molar-refractivity contribution < 1.29 is 4.74 Å². The van der Waals surface area contributed by atoms with Crippen molar-refractivity contribution >= 4 is 49.3 Å². The topological polar surface area (TPSA) is 12.2 Å². The van der Waals surface area contributed by atoms with E-state index in [1.807, 2.05) is 12.1 Å². The highest BCUT2D eigenvalue weighted by atomic mass is 79.9. The Morgan fingerprint density at radius 3 is 2.29 bits per heavy atom. The molecule has 4 heteroatoms. The van der Waals surface area contributed by atoms with Gasteiger partial charge in [-0.2, -0.15) is 0 Å². The van der Waals surface area contributed by atoms with E-state index in [9.17, 15) is 0 Å². The first-order chi connectivity index (χ1) is 17.1. The van der Waals surface area contributed by atoms with Gasteiger partial charge in [-0.25, -0.2) is 4.58 Å². The molecular formula is C31H28Br2NO+. The summed E-state index contributed by atoms with van der Waals surface area (Å²) in [6.07, 6.45) is 12.0. The van der Waals surface area contributed by atoms with Crippen molar-refractivity contribution in [1.29, 1.82) is 0 Å². The van der Waals surface area contributed by atoms with Gasteiger partial charge in [-0.15, -0.1) is 0 Å². The summed E-state index contributed by atoms with van der Waals surface area (Å²) in [5.41, 5.74) is 4.78. The second-order valence-corrected chi connectivity index (χ2v) is 10.8. The smallest absolute Gasteiger partial charge is 0.203 e. The fraction of sp³-hybridized carbons (Fsp3) is 0.194. The molecule has 2 nitrogen and oxygen atoms in total. The maximum Gasteiger partial charge on any atom is 0.203 e. The van der Waals surface area contributed by atoms with Crippen molar-refractivity contribution in [3.63, 3.8) is 0 Å². The summed E-state index contributed by atoms with van der Waals surface area (Å²) in [5.74, 6) is 1.67. The van der Waals surface area contributed by atoms with Crippen molar-refractivity contribution in [1.82, 2.24) is 4.58 Å². The lowest BCUT2D eigenvalue weighted by atomic mass is 10.0. The zero-order valence-electron chi connectivity index (χ0n) is 19.8. The van der Waals surface area contributed by atoms with Gasteiger partial charge in [0, 0.05) is 39.0 Å².